The highest BCUT2D eigenvalue weighted by Gasteiger charge is 2.13. The topological polar surface area (TPSA) is 93.1 Å². The fourth-order valence-corrected chi connectivity index (χ4v) is 2.62. The summed E-state index contributed by atoms with van der Waals surface area (Å²) in [5.41, 5.74) is 1.34. The van der Waals surface area contributed by atoms with E-state index >= 15 is 0 Å². The highest BCUT2D eigenvalue weighted by atomic mass is 16.6. The molecule has 2 heterocycles. The number of fused-ring (bicyclic) bond motifs is 1. The summed E-state index contributed by atoms with van der Waals surface area (Å²) in [4.78, 5) is 17.6. The first kappa shape index (κ1) is 13.8. The first-order chi connectivity index (χ1) is 10.2. The van der Waals surface area contributed by atoms with Gasteiger partial charge in [-0.25, -0.2) is 0 Å². The maximum absolute atomic E-state index is 10.7. The number of imidazole rings is 1. The summed E-state index contributed by atoms with van der Waals surface area (Å²) < 4.78 is 5.62. The van der Waals surface area contributed by atoms with Gasteiger partial charge in [0, 0.05) is 18.2 Å². The van der Waals surface area contributed by atoms with Crippen LogP contribution in [0.3, 0.4) is 0 Å². The van der Waals surface area contributed by atoms with E-state index in [2.05, 4.69) is 15.3 Å². The molecule has 1 fully saturated rings. The Labute approximate surface area is 121 Å². The molecule has 1 aromatic heterocycles. The Morgan fingerprint density at radius 1 is 1.43 bits per heavy atom. The number of H-pyrrole nitrogens is 1. The highest BCUT2D eigenvalue weighted by Crippen LogP contribution is 2.21. The van der Waals surface area contributed by atoms with E-state index in [0.29, 0.717) is 29.7 Å². The van der Waals surface area contributed by atoms with Gasteiger partial charge in [0.2, 0.25) is 0 Å². The van der Waals surface area contributed by atoms with Gasteiger partial charge >= 0.3 is 0 Å². The van der Waals surface area contributed by atoms with Crippen molar-refractivity contribution in [3.63, 3.8) is 0 Å². The molecule has 0 saturated carbocycles. The summed E-state index contributed by atoms with van der Waals surface area (Å²) >= 11 is 0. The number of aromatic nitrogens is 2. The van der Waals surface area contributed by atoms with E-state index in [4.69, 9.17) is 4.74 Å². The molecule has 2 N–H and O–H groups in total. The van der Waals surface area contributed by atoms with E-state index in [0.717, 1.165) is 13.0 Å². The lowest BCUT2D eigenvalue weighted by Crippen LogP contribution is -2.35. The van der Waals surface area contributed by atoms with Crippen molar-refractivity contribution in [1.82, 2.24) is 15.3 Å². The quantitative estimate of drug-likeness (QED) is 0.651. The summed E-state index contributed by atoms with van der Waals surface area (Å²) in [5.74, 6) is 0. The molecular weight excluding hydrogens is 272 g/mol. The molecule has 3 rings (SSSR count). The van der Waals surface area contributed by atoms with Crippen LogP contribution in [0.5, 0.6) is 6.01 Å². The van der Waals surface area contributed by atoms with Crippen molar-refractivity contribution in [3.8, 4) is 6.01 Å². The number of nitrogens with one attached hydrogen (secondary N) is 2. The molecule has 0 bridgehead atoms. The number of hydrogen-bond donors (Lipinski definition) is 2. The van der Waals surface area contributed by atoms with Crippen molar-refractivity contribution in [2.45, 2.75) is 31.7 Å². The van der Waals surface area contributed by atoms with Crippen LogP contribution in [-0.2, 0) is 0 Å². The van der Waals surface area contributed by atoms with Gasteiger partial charge in [0.25, 0.3) is 11.7 Å². The van der Waals surface area contributed by atoms with Gasteiger partial charge in [-0.2, -0.15) is 4.98 Å². The lowest BCUT2D eigenvalue weighted by Gasteiger charge is -2.22. The molecule has 0 amide bonds. The molecule has 1 aromatic carbocycles. The minimum Gasteiger partial charge on any atom is -0.465 e. The predicted octanol–water partition coefficient (Wildman–Crippen LogP) is 2.38. The first-order valence-corrected chi connectivity index (χ1v) is 7.23. The average Bonchev–Trinajstić information content (AvgIpc) is 2.90. The second-order valence-electron chi connectivity index (χ2n) is 5.28. The summed E-state index contributed by atoms with van der Waals surface area (Å²) in [6.45, 7) is 1.67. The molecule has 112 valence electrons. The third-order valence-corrected chi connectivity index (χ3v) is 3.77. The second-order valence-corrected chi connectivity index (χ2v) is 5.28. The maximum Gasteiger partial charge on any atom is 0.294 e. The third kappa shape index (κ3) is 3.30. The number of non-ortho nitro benzene ring substituents is 1. The molecule has 2 aromatic rings. The molecule has 1 atom stereocenters. The Balaban J connectivity index is 1.60. The first-order valence-electron chi connectivity index (χ1n) is 7.23. The molecule has 21 heavy (non-hydrogen) atoms. The molecule has 0 radical (unpaired) electrons. The normalized spacial score (nSPS) is 18.8. The van der Waals surface area contributed by atoms with Crippen LogP contribution in [0, 0.1) is 10.1 Å². The monoisotopic (exact) mass is 290 g/mol. The van der Waals surface area contributed by atoms with Gasteiger partial charge in [0.1, 0.15) is 0 Å². The fraction of sp³-hybridized carbons (Fsp3) is 0.500. The number of nitro groups is 1. The summed E-state index contributed by atoms with van der Waals surface area (Å²) in [6.07, 6.45) is 4.65. The van der Waals surface area contributed by atoms with Crippen LogP contribution in [-0.4, -0.2) is 34.1 Å². The number of benzene rings is 1. The molecule has 7 heteroatoms. The summed E-state index contributed by atoms with van der Waals surface area (Å²) in [7, 11) is 0. The van der Waals surface area contributed by atoms with Crippen molar-refractivity contribution in [2.75, 3.05) is 13.2 Å². The predicted molar refractivity (Wildman–Crippen MR) is 78.5 cm³/mol. The Morgan fingerprint density at radius 3 is 3.10 bits per heavy atom. The van der Waals surface area contributed by atoms with Crippen molar-refractivity contribution in [3.05, 3.63) is 28.3 Å². The van der Waals surface area contributed by atoms with Crippen LogP contribution in [0.25, 0.3) is 11.0 Å². The Bertz CT molecular complexity index is 634. The lowest BCUT2D eigenvalue weighted by atomic mass is 10.0. The van der Waals surface area contributed by atoms with Gasteiger partial charge in [-0.15, -0.1) is 0 Å². The van der Waals surface area contributed by atoms with Gasteiger partial charge in [0.15, 0.2) is 0 Å². The lowest BCUT2D eigenvalue weighted by molar-refractivity contribution is -0.384. The van der Waals surface area contributed by atoms with Gasteiger partial charge in [-0.1, -0.05) is 6.42 Å². The molecule has 0 unspecified atom stereocenters. The van der Waals surface area contributed by atoms with E-state index in [-0.39, 0.29) is 5.69 Å². The Kier molecular flexibility index (Phi) is 4.01. The molecule has 0 aliphatic carbocycles. The van der Waals surface area contributed by atoms with E-state index in [1.165, 1.54) is 31.4 Å². The van der Waals surface area contributed by atoms with E-state index in [1.54, 1.807) is 6.07 Å². The van der Waals surface area contributed by atoms with Crippen molar-refractivity contribution < 1.29 is 9.66 Å². The van der Waals surface area contributed by atoms with Crippen LogP contribution in [0.4, 0.5) is 5.69 Å². The summed E-state index contributed by atoms with van der Waals surface area (Å²) in [5, 5.41) is 14.2. The number of piperidine rings is 1. The Hall–Kier alpha value is -2.15. The van der Waals surface area contributed by atoms with Crippen molar-refractivity contribution in [2.24, 2.45) is 0 Å². The summed E-state index contributed by atoms with van der Waals surface area (Å²) in [6, 6.07) is 5.47. The van der Waals surface area contributed by atoms with Gasteiger partial charge in [-0.05, 0) is 31.9 Å². The molecule has 0 spiro atoms. The minimum atomic E-state index is -0.421. The van der Waals surface area contributed by atoms with Crippen LogP contribution in [0.2, 0.25) is 0 Å². The smallest absolute Gasteiger partial charge is 0.294 e. The van der Waals surface area contributed by atoms with E-state index in [1.807, 2.05) is 0 Å². The van der Waals surface area contributed by atoms with E-state index in [9.17, 15) is 10.1 Å². The minimum absolute atomic E-state index is 0.0455. The zero-order valence-electron chi connectivity index (χ0n) is 11.7. The maximum atomic E-state index is 10.7. The molecule has 1 aliphatic heterocycles. The van der Waals surface area contributed by atoms with Crippen LogP contribution >= 0.6 is 0 Å². The number of nitro benzene ring substituents is 1. The second kappa shape index (κ2) is 6.09. The third-order valence-electron chi connectivity index (χ3n) is 3.77. The molecule has 1 aliphatic rings. The fourth-order valence-electron chi connectivity index (χ4n) is 2.62. The molecular formula is C14H18N4O3. The SMILES string of the molecule is O=[N+]([O-])c1ccc2nc(OCC[C@@H]3CCCCN3)[nH]c2c1. The largest absolute Gasteiger partial charge is 0.465 e. The number of rotatable bonds is 5. The number of hydrogen-bond acceptors (Lipinski definition) is 5. The van der Waals surface area contributed by atoms with E-state index < -0.39 is 4.92 Å². The van der Waals surface area contributed by atoms with Crippen molar-refractivity contribution >= 4 is 16.7 Å². The Morgan fingerprint density at radius 2 is 2.33 bits per heavy atom. The number of aromatic amines is 1. The standard InChI is InChI=1S/C14H18N4O3/c19-18(20)11-4-5-12-13(9-11)17-14(16-12)21-8-6-10-3-1-2-7-15-10/h4-5,9-10,15H,1-3,6-8H2,(H,16,17)/t10-/m0/s1. The molecule has 7 nitrogen and oxygen atoms in total. The number of nitrogens with zero attached hydrogens (tertiary/aromatic N) is 2. The zero-order valence-corrected chi connectivity index (χ0v) is 11.7. The average molecular weight is 290 g/mol. The number of ether oxygens (including phenoxy) is 1. The zero-order chi connectivity index (χ0) is 14.7. The highest BCUT2D eigenvalue weighted by molar-refractivity contribution is 5.78. The van der Waals surface area contributed by atoms with Crippen molar-refractivity contribution in [1.29, 1.82) is 0 Å². The molecule has 1 saturated heterocycles. The van der Waals surface area contributed by atoms with Crippen LogP contribution in [0.1, 0.15) is 25.7 Å². The van der Waals surface area contributed by atoms with Gasteiger partial charge in [-0.3, -0.25) is 10.1 Å². The van der Waals surface area contributed by atoms with Crippen LogP contribution in [0.15, 0.2) is 18.2 Å². The van der Waals surface area contributed by atoms with Crippen LogP contribution < -0.4 is 10.1 Å². The van der Waals surface area contributed by atoms with Gasteiger partial charge < -0.3 is 15.0 Å². The van der Waals surface area contributed by atoms with Gasteiger partial charge in [0.05, 0.1) is 22.6 Å².